The Morgan fingerprint density at radius 1 is 1.25 bits per heavy atom. The van der Waals surface area contributed by atoms with Crippen LogP contribution in [-0.4, -0.2) is 36.6 Å². The largest absolute Gasteiger partial charge is 0.550 e. The molecule has 1 aromatic carbocycles. The molecule has 0 unspecified atom stereocenters. The summed E-state index contributed by atoms with van der Waals surface area (Å²) >= 11 is 0. The monoisotopic (exact) mass is 334 g/mol. The third-order valence-electron chi connectivity index (χ3n) is 2.98. The highest BCUT2D eigenvalue weighted by molar-refractivity contribution is 6.35. The van der Waals surface area contributed by atoms with E-state index in [1.807, 2.05) is 0 Å². The number of hydrogen-bond donors (Lipinski definition) is 2. The molecule has 2 amide bonds. The molecule has 0 fully saturated rings. The van der Waals surface area contributed by atoms with Gasteiger partial charge in [-0.3, -0.25) is 9.59 Å². The first-order valence-corrected chi connectivity index (χ1v) is 7.26. The number of nitrogens with one attached hydrogen (secondary N) is 2. The van der Waals surface area contributed by atoms with Gasteiger partial charge in [0.2, 0.25) is 0 Å². The molecule has 0 atom stereocenters. The Balaban J connectivity index is 2.90. The molecule has 0 spiro atoms. The number of carbonyl (C=O) groups is 3. The lowest BCUT2D eigenvalue weighted by molar-refractivity contribution is -0.304. The number of hydrogen-bond acceptors (Lipinski definition) is 6. The van der Waals surface area contributed by atoms with Gasteiger partial charge in [0.1, 0.15) is 5.75 Å². The van der Waals surface area contributed by atoms with E-state index < -0.39 is 17.8 Å². The van der Waals surface area contributed by atoms with Crippen LogP contribution in [0.25, 0.3) is 0 Å². The fourth-order valence-electron chi connectivity index (χ4n) is 1.87. The third-order valence-corrected chi connectivity index (χ3v) is 2.98. The van der Waals surface area contributed by atoms with Gasteiger partial charge in [-0.25, -0.2) is 5.43 Å². The molecule has 0 aliphatic rings. The van der Waals surface area contributed by atoms with Crippen molar-refractivity contribution in [2.45, 2.75) is 33.2 Å². The van der Waals surface area contributed by atoms with E-state index in [0.29, 0.717) is 22.6 Å². The fraction of sp³-hybridized carbons (Fsp3) is 0.375. The average molecular weight is 334 g/mol. The molecule has 24 heavy (non-hydrogen) atoms. The lowest BCUT2D eigenvalue weighted by Gasteiger charge is -2.11. The van der Waals surface area contributed by atoms with Crippen molar-refractivity contribution in [1.29, 1.82) is 0 Å². The lowest BCUT2D eigenvalue weighted by atomic mass is 10.0. The van der Waals surface area contributed by atoms with E-state index in [9.17, 15) is 19.5 Å². The number of amides is 2. The molecule has 0 aliphatic carbocycles. The van der Waals surface area contributed by atoms with E-state index in [1.54, 1.807) is 39.0 Å². The molecule has 8 nitrogen and oxygen atoms in total. The standard InChI is InChI=1S/C16H21N3O5/c1-9(2)17-15(22)16(23)19-18-10(3)11-5-6-13(24-4)12(7-11)8-14(20)21/h5-7,9H,8H2,1-4H3,(H,17,22)(H,19,23)(H,20,21)/p-1/b18-10-. The van der Waals surface area contributed by atoms with Crippen LogP contribution in [0, 0.1) is 0 Å². The Hall–Kier alpha value is -2.90. The van der Waals surface area contributed by atoms with Crippen molar-refractivity contribution in [1.82, 2.24) is 10.7 Å². The van der Waals surface area contributed by atoms with E-state index in [0.717, 1.165) is 0 Å². The molecule has 1 rings (SSSR count). The van der Waals surface area contributed by atoms with Crippen molar-refractivity contribution in [2.24, 2.45) is 5.10 Å². The first-order valence-electron chi connectivity index (χ1n) is 7.26. The molecule has 1 aromatic rings. The Morgan fingerprint density at radius 3 is 2.46 bits per heavy atom. The summed E-state index contributed by atoms with van der Waals surface area (Å²) in [5.74, 6) is -2.49. The van der Waals surface area contributed by atoms with Crippen molar-refractivity contribution < 1.29 is 24.2 Å². The molecular weight excluding hydrogens is 314 g/mol. The van der Waals surface area contributed by atoms with Crippen LogP contribution in [-0.2, 0) is 20.8 Å². The normalized spacial score (nSPS) is 11.1. The third kappa shape index (κ3) is 5.71. The van der Waals surface area contributed by atoms with Crippen molar-refractivity contribution in [2.75, 3.05) is 7.11 Å². The van der Waals surface area contributed by atoms with Gasteiger partial charge in [-0.05, 0) is 44.5 Å². The first kappa shape index (κ1) is 19.1. The number of ether oxygens (including phenoxy) is 1. The van der Waals surface area contributed by atoms with E-state index in [1.165, 1.54) is 7.11 Å². The number of methoxy groups -OCH3 is 1. The molecule has 0 saturated carbocycles. The van der Waals surface area contributed by atoms with Gasteiger partial charge in [0.05, 0.1) is 12.8 Å². The molecule has 2 N–H and O–H groups in total. The summed E-state index contributed by atoms with van der Waals surface area (Å²) in [4.78, 5) is 33.9. The van der Waals surface area contributed by atoms with Crippen LogP contribution in [0.5, 0.6) is 5.75 Å². The van der Waals surface area contributed by atoms with Crippen molar-refractivity contribution in [3.63, 3.8) is 0 Å². The lowest BCUT2D eigenvalue weighted by Crippen LogP contribution is -2.41. The first-order chi connectivity index (χ1) is 11.2. The quantitative estimate of drug-likeness (QED) is 0.407. The van der Waals surface area contributed by atoms with E-state index in [2.05, 4.69) is 15.8 Å². The summed E-state index contributed by atoms with van der Waals surface area (Å²) in [6.07, 6.45) is -0.312. The summed E-state index contributed by atoms with van der Waals surface area (Å²) in [5, 5.41) is 17.1. The molecule has 8 heteroatoms. The van der Waals surface area contributed by atoms with E-state index in [-0.39, 0.29) is 12.5 Å². The summed E-state index contributed by atoms with van der Waals surface area (Å²) in [6.45, 7) is 5.08. The topological polar surface area (TPSA) is 120 Å². The van der Waals surface area contributed by atoms with Gasteiger partial charge in [0.25, 0.3) is 0 Å². The molecule has 0 bridgehead atoms. The number of aliphatic carboxylic acids is 1. The van der Waals surface area contributed by atoms with Gasteiger partial charge in [0.15, 0.2) is 0 Å². The van der Waals surface area contributed by atoms with Crippen LogP contribution in [0.4, 0.5) is 0 Å². The maximum atomic E-state index is 11.6. The number of benzene rings is 1. The minimum absolute atomic E-state index is 0.165. The Morgan fingerprint density at radius 2 is 1.92 bits per heavy atom. The highest BCUT2D eigenvalue weighted by Gasteiger charge is 2.14. The minimum atomic E-state index is -1.24. The Labute approximate surface area is 139 Å². The molecule has 130 valence electrons. The molecular formula is C16H20N3O5-. The van der Waals surface area contributed by atoms with Crippen molar-refractivity contribution >= 4 is 23.5 Å². The van der Waals surface area contributed by atoms with Crippen LogP contribution in [0.3, 0.4) is 0 Å². The SMILES string of the molecule is COc1ccc(/C(C)=N\NC(=O)C(=O)NC(C)C)cc1CC(=O)[O-]. The highest BCUT2D eigenvalue weighted by atomic mass is 16.5. The molecule has 0 saturated heterocycles. The number of carbonyl (C=O) groups excluding carboxylic acids is 3. The second kappa shape index (κ2) is 8.66. The van der Waals surface area contributed by atoms with Gasteiger partial charge in [-0.15, -0.1) is 0 Å². The van der Waals surface area contributed by atoms with Gasteiger partial charge < -0.3 is 20.0 Å². The Bertz CT molecular complexity index is 668. The molecule has 0 heterocycles. The zero-order valence-electron chi connectivity index (χ0n) is 14.0. The summed E-state index contributed by atoms with van der Waals surface area (Å²) in [6, 6.07) is 4.67. The van der Waals surface area contributed by atoms with Gasteiger partial charge >= 0.3 is 11.8 Å². The predicted molar refractivity (Wildman–Crippen MR) is 85.3 cm³/mol. The second-order valence-corrected chi connectivity index (χ2v) is 5.34. The zero-order valence-corrected chi connectivity index (χ0v) is 14.0. The van der Waals surface area contributed by atoms with Crippen molar-refractivity contribution in [3.05, 3.63) is 29.3 Å². The van der Waals surface area contributed by atoms with Crippen LogP contribution in [0.2, 0.25) is 0 Å². The minimum Gasteiger partial charge on any atom is -0.550 e. The summed E-state index contributed by atoms with van der Waals surface area (Å²) < 4.78 is 5.09. The summed E-state index contributed by atoms with van der Waals surface area (Å²) in [5.41, 5.74) is 3.56. The van der Waals surface area contributed by atoms with Gasteiger partial charge in [-0.1, -0.05) is 0 Å². The predicted octanol–water partition coefficient (Wildman–Crippen LogP) is -0.648. The average Bonchev–Trinajstić information content (AvgIpc) is 2.50. The number of carboxylic acids is 1. The zero-order chi connectivity index (χ0) is 18.3. The van der Waals surface area contributed by atoms with Crippen LogP contribution < -0.4 is 20.6 Å². The van der Waals surface area contributed by atoms with Crippen molar-refractivity contribution in [3.8, 4) is 5.75 Å². The van der Waals surface area contributed by atoms with Gasteiger partial charge in [0, 0.05) is 24.0 Å². The number of nitrogens with zero attached hydrogens (tertiary/aromatic N) is 1. The van der Waals surface area contributed by atoms with Crippen LogP contribution in [0.15, 0.2) is 23.3 Å². The number of rotatable bonds is 6. The molecule has 0 radical (unpaired) electrons. The van der Waals surface area contributed by atoms with Gasteiger partial charge in [-0.2, -0.15) is 5.10 Å². The van der Waals surface area contributed by atoms with E-state index >= 15 is 0 Å². The second-order valence-electron chi connectivity index (χ2n) is 5.34. The summed E-state index contributed by atoms with van der Waals surface area (Å²) in [7, 11) is 1.43. The number of carboxylic acid groups (broad SMARTS) is 1. The highest BCUT2D eigenvalue weighted by Crippen LogP contribution is 2.20. The van der Waals surface area contributed by atoms with E-state index in [4.69, 9.17) is 4.74 Å². The fourth-order valence-corrected chi connectivity index (χ4v) is 1.87. The molecule has 0 aromatic heterocycles. The Kier molecular flexibility index (Phi) is 6.91. The maximum absolute atomic E-state index is 11.6. The maximum Gasteiger partial charge on any atom is 0.329 e. The van der Waals surface area contributed by atoms with Crippen LogP contribution in [0.1, 0.15) is 31.9 Å². The molecule has 0 aliphatic heterocycles. The smallest absolute Gasteiger partial charge is 0.329 e. The van der Waals surface area contributed by atoms with Crippen LogP contribution >= 0.6 is 0 Å². The number of hydrazone groups is 1.